The second kappa shape index (κ2) is 5.33. The van der Waals surface area contributed by atoms with Crippen LogP contribution in [0.5, 0.6) is 11.5 Å². The summed E-state index contributed by atoms with van der Waals surface area (Å²) in [4.78, 5) is 0. The molecule has 0 aliphatic rings. The smallest absolute Gasteiger partial charge is 0.153 e. The number of benzene rings is 2. The Bertz CT molecular complexity index is 635. The summed E-state index contributed by atoms with van der Waals surface area (Å²) in [5.74, 6) is 0.376. The van der Waals surface area contributed by atoms with Crippen molar-refractivity contribution in [1.29, 1.82) is 0 Å². The van der Waals surface area contributed by atoms with Crippen molar-refractivity contribution in [2.75, 3.05) is 5.73 Å². The summed E-state index contributed by atoms with van der Waals surface area (Å²) in [5, 5.41) is -0.0149. The summed E-state index contributed by atoms with van der Waals surface area (Å²) >= 11 is 5.68. The third-order valence-electron chi connectivity index (χ3n) is 2.97. The number of nitrogens with two attached hydrogens (primary N) is 1. The normalized spacial score (nSPS) is 11.4. The molecule has 2 aromatic carbocycles. The van der Waals surface area contributed by atoms with Crippen LogP contribution in [0.4, 0.5) is 10.1 Å². The minimum absolute atomic E-state index is 0.0149. The molecule has 0 unspecified atom stereocenters. The highest BCUT2D eigenvalue weighted by molar-refractivity contribution is 6.31. The van der Waals surface area contributed by atoms with Gasteiger partial charge in [-0.25, -0.2) is 4.39 Å². The molecule has 0 atom stereocenters. The molecule has 106 valence electrons. The molecule has 20 heavy (non-hydrogen) atoms. The molecule has 4 heteroatoms. The van der Waals surface area contributed by atoms with Crippen LogP contribution in [0.3, 0.4) is 0 Å². The van der Waals surface area contributed by atoms with E-state index < -0.39 is 5.82 Å². The third-order valence-corrected chi connectivity index (χ3v) is 3.26. The van der Waals surface area contributed by atoms with Gasteiger partial charge in [-0.05, 0) is 17.5 Å². The maximum Gasteiger partial charge on any atom is 0.153 e. The average Bonchev–Trinajstić information content (AvgIpc) is 2.35. The van der Waals surface area contributed by atoms with Gasteiger partial charge < -0.3 is 10.5 Å². The Hall–Kier alpha value is -1.74. The van der Waals surface area contributed by atoms with Gasteiger partial charge in [-0.1, -0.05) is 50.6 Å². The van der Waals surface area contributed by atoms with E-state index in [-0.39, 0.29) is 16.2 Å². The van der Waals surface area contributed by atoms with Gasteiger partial charge in [-0.3, -0.25) is 0 Å². The van der Waals surface area contributed by atoms with Crippen molar-refractivity contribution in [2.45, 2.75) is 26.2 Å². The van der Waals surface area contributed by atoms with Crippen molar-refractivity contribution in [2.24, 2.45) is 0 Å². The van der Waals surface area contributed by atoms with Crippen LogP contribution in [-0.4, -0.2) is 0 Å². The largest absolute Gasteiger partial charge is 0.455 e. The Labute approximate surface area is 123 Å². The van der Waals surface area contributed by atoms with Crippen LogP contribution in [0.1, 0.15) is 26.3 Å². The van der Waals surface area contributed by atoms with E-state index in [2.05, 4.69) is 20.8 Å². The Balaban J connectivity index is 2.43. The van der Waals surface area contributed by atoms with Gasteiger partial charge in [0.15, 0.2) is 5.75 Å². The Morgan fingerprint density at radius 1 is 1.10 bits per heavy atom. The monoisotopic (exact) mass is 293 g/mol. The van der Waals surface area contributed by atoms with E-state index >= 15 is 0 Å². The number of anilines is 1. The third kappa shape index (κ3) is 3.05. The van der Waals surface area contributed by atoms with Crippen LogP contribution in [0, 0.1) is 5.82 Å². The molecule has 2 rings (SSSR count). The van der Waals surface area contributed by atoms with Gasteiger partial charge in [0.25, 0.3) is 0 Å². The van der Waals surface area contributed by atoms with Gasteiger partial charge in [0, 0.05) is 11.6 Å². The van der Waals surface area contributed by atoms with E-state index in [0.29, 0.717) is 11.4 Å². The molecule has 2 nitrogen and oxygen atoms in total. The van der Waals surface area contributed by atoms with Crippen LogP contribution in [0.2, 0.25) is 5.02 Å². The van der Waals surface area contributed by atoms with Crippen molar-refractivity contribution < 1.29 is 9.13 Å². The second-order valence-corrected chi connectivity index (χ2v) is 6.06. The zero-order chi connectivity index (χ0) is 14.9. The number of hydrogen-bond donors (Lipinski definition) is 1. The molecule has 0 heterocycles. The molecule has 0 saturated carbocycles. The van der Waals surface area contributed by atoms with Crippen molar-refractivity contribution in [3.8, 4) is 11.5 Å². The Morgan fingerprint density at radius 3 is 2.40 bits per heavy atom. The number of para-hydroxylation sites is 1. The standard InChI is InChI=1S/C16H17ClFNO/c1-16(2,3)10-6-4-5-7-14(10)20-15-9-12(18)11(17)8-13(15)19/h4-9H,19H2,1-3H3. The minimum Gasteiger partial charge on any atom is -0.455 e. The van der Waals surface area contributed by atoms with Crippen LogP contribution >= 0.6 is 11.6 Å². The topological polar surface area (TPSA) is 35.2 Å². The molecular weight excluding hydrogens is 277 g/mol. The maximum absolute atomic E-state index is 13.5. The minimum atomic E-state index is -0.552. The van der Waals surface area contributed by atoms with E-state index in [1.54, 1.807) is 0 Å². The van der Waals surface area contributed by atoms with Gasteiger partial charge in [-0.2, -0.15) is 0 Å². The summed E-state index contributed by atoms with van der Waals surface area (Å²) in [6.07, 6.45) is 0. The van der Waals surface area contributed by atoms with Crippen molar-refractivity contribution in [3.63, 3.8) is 0 Å². The maximum atomic E-state index is 13.5. The van der Waals surface area contributed by atoms with E-state index in [4.69, 9.17) is 22.1 Å². The van der Waals surface area contributed by atoms with Gasteiger partial charge in [-0.15, -0.1) is 0 Å². The molecule has 0 bridgehead atoms. The molecule has 0 saturated heterocycles. The first kappa shape index (κ1) is 14.7. The molecule has 0 aliphatic carbocycles. The molecular formula is C16H17ClFNO. The number of hydrogen-bond acceptors (Lipinski definition) is 2. The Kier molecular flexibility index (Phi) is 3.91. The number of rotatable bonds is 2. The van der Waals surface area contributed by atoms with Gasteiger partial charge in [0.1, 0.15) is 11.6 Å². The quantitative estimate of drug-likeness (QED) is 0.777. The first-order valence-corrected chi connectivity index (χ1v) is 6.68. The lowest BCUT2D eigenvalue weighted by Crippen LogP contribution is -2.12. The zero-order valence-electron chi connectivity index (χ0n) is 11.7. The first-order valence-electron chi connectivity index (χ1n) is 6.31. The highest BCUT2D eigenvalue weighted by Gasteiger charge is 2.19. The van der Waals surface area contributed by atoms with E-state index in [0.717, 1.165) is 5.56 Å². The summed E-state index contributed by atoms with van der Waals surface area (Å²) in [6, 6.07) is 10.2. The molecule has 0 amide bonds. The molecule has 0 aliphatic heterocycles. The van der Waals surface area contributed by atoms with E-state index in [1.165, 1.54) is 12.1 Å². The number of halogens is 2. The number of ether oxygens (including phenoxy) is 1. The number of nitrogen functional groups attached to an aromatic ring is 1. The summed E-state index contributed by atoms with van der Waals surface area (Å²) in [5.41, 5.74) is 7.06. The molecule has 0 radical (unpaired) electrons. The Morgan fingerprint density at radius 2 is 1.75 bits per heavy atom. The van der Waals surface area contributed by atoms with Crippen LogP contribution in [0.25, 0.3) is 0 Å². The van der Waals surface area contributed by atoms with E-state index in [9.17, 15) is 4.39 Å². The van der Waals surface area contributed by atoms with Crippen molar-refractivity contribution in [3.05, 3.63) is 52.8 Å². The van der Waals surface area contributed by atoms with Crippen LogP contribution in [-0.2, 0) is 5.41 Å². The molecule has 0 aromatic heterocycles. The lowest BCUT2D eigenvalue weighted by atomic mass is 9.86. The van der Waals surface area contributed by atoms with Crippen LogP contribution in [0.15, 0.2) is 36.4 Å². The molecule has 0 spiro atoms. The SMILES string of the molecule is CC(C)(C)c1ccccc1Oc1cc(F)c(Cl)cc1N. The molecule has 2 N–H and O–H groups in total. The fraction of sp³-hybridized carbons (Fsp3) is 0.250. The highest BCUT2D eigenvalue weighted by atomic mass is 35.5. The van der Waals surface area contributed by atoms with Crippen molar-refractivity contribution >= 4 is 17.3 Å². The zero-order valence-corrected chi connectivity index (χ0v) is 12.5. The lowest BCUT2D eigenvalue weighted by molar-refractivity contribution is 0.453. The predicted molar refractivity (Wildman–Crippen MR) is 81.0 cm³/mol. The molecule has 2 aromatic rings. The van der Waals surface area contributed by atoms with Crippen LogP contribution < -0.4 is 10.5 Å². The summed E-state index contributed by atoms with van der Waals surface area (Å²) in [7, 11) is 0. The predicted octanol–water partition coefficient (Wildman–Crippen LogP) is 5.15. The van der Waals surface area contributed by atoms with Gasteiger partial charge >= 0.3 is 0 Å². The first-order chi connectivity index (χ1) is 9.29. The lowest BCUT2D eigenvalue weighted by Gasteiger charge is -2.23. The fourth-order valence-corrected chi connectivity index (χ4v) is 2.10. The summed E-state index contributed by atoms with van der Waals surface area (Å²) < 4.78 is 19.3. The van der Waals surface area contributed by atoms with Gasteiger partial charge in [0.05, 0.1) is 10.7 Å². The summed E-state index contributed by atoms with van der Waals surface area (Å²) in [6.45, 7) is 6.25. The highest BCUT2D eigenvalue weighted by Crippen LogP contribution is 2.37. The average molecular weight is 294 g/mol. The second-order valence-electron chi connectivity index (χ2n) is 5.65. The molecule has 0 fully saturated rings. The van der Waals surface area contributed by atoms with Gasteiger partial charge in [0.2, 0.25) is 0 Å². The fourth-order valence-electron chi connectivity index (χ4n) is 1.93. The van der Waals surface area contributed by atoms with E-state index in [1.807, 2.05) is 24.3 Å². The van der Waals surface area contributed by atoms with Crippen molar-refractivity contribution in [1.82, 2.24) is 0 Å².